The van der Waals surface area contributed by atoms with Crippen LogP contribution in [0.15, 0.2) is 12.4 Å². The number of H-pyrrole nitrogens is 1. The Morgan fingerprint density at radius 1 is 1.33 bits per heavy atom. The Bertz CT molecular complexity index is 397. The summed E-state index contributed by atoms with van der Waals surface area (Å²) in [6.45, 7) is 0.894. The molecule has 0 spiro atoms. The first kappa shape index (κ1) is 11.6. The third-order valence-electron chi connectivity index (χ3n) is 4.25. The quantitative estimate of drug-likeness (QED) is 0.845. The maximum absolute atomic E-state index is 12.3. The van der Waals surface area contributed by atoms with E-state index in [2.05, 4.69) is 15.5 Å². The van der Waals surface area contributed by atoms with Crippen LogP contribution >= 0.6 is 0 Å². The number of nitrogens with one attached hydrogen (secondary N) is 2. The van der Waals surface area contributed by atoms with E-state index in [9.17, 15) is 4.79 Å². The summed E-state index contributed by atoms with van der Waals surface area (Å²) < 4.78 is 0. The van der Waals surface area contributed by atoms with Gasteiger partial charge in [0, 0.05) is 18.8 Å². The molecule has 2 aliphatic rings. The Kier molecular flexibility index (Phi) is 3.21. The maximum atomic E-state index is 12.3. The fraction of sp³-hybridized carbons (Fsp3) is 0.692. The van der Waals surface area contributed by atoms with E-state index in [4.69, 9.17) is 0 Å². The number of likely N-dealkylation sites (tertiary alicyclic amines) is 1. The molecule has 2 amide bonds. The minimum absolute atomic E-state index is 0.0331. The number of rotatable bonds is 2. The molecule has 1 atom stereocenters. The van der Waals surface area contributed by atoms with Gasteiger partial charge in [0.1, 0.15) is 0 Å². The van der Waals surface area contributed by atoms with E-state index in [1.165, 1.54) is 32.1 Å². The van der Waals surface area contributed by atoms with Crippen LogP contribution in [-0.4, -0.2) is 33.7 Å². The van der Waals surface area contributed by atoms with Gasteiger partial charge in [-0.1, -0.05) is 12.8 Å². The smallest absolute Gasteiger partial charge is 0.321 e. The third kappa shape index (κ3) is 2.21. The van der Waals surface area contributed by atoms with Crippen LogP contribution in [0.5, 0.6) is 0 Å². The number of carbonyl (C=O) groups excluding carboxylic acids is 1. The van der Waals surface area contributed by atoms with Crippen LogP contribution in [0.2, 0.25) is 0 Å². The summed E-state index contributed by atoms with van der Waals surface area (Å²) >= 11 is 0. The molecule has 5 heteroatoms. The normalized spacial score (nSPS) is 24.7. The number of amides is 2. The summed E-state index contributed by atoms with van der Waals surface area (Å²) in [4.78, 5) is 14.3. The van der Waals surface area contributed by atoms with Crippen LogP contribution in [-0.2, 0) is 0 Å². The molecule has 1 aliphatic heterocycles. The van der Waals surface area contributed by atoms with Gasteiger partial charge >= 0.3 is 6.03 Å². The monoisotopic (exact) mass is 248 g/mol. The number of aromatic amines is 1. The number of nitrogens with zero attached hydrogens (tertiary/aromatic N) is 2. The van der Waals surface area contributed by atoms with E-state index < -0.39 is 0 Å². The number of hydrogen-bond acceptors (Lipinski definition) is 2. The molecule has 1 aromatic heterocycles. The number of urea groups is 1. The fourth-order valence-corrected chi connectivity index (χ4v) is 3.39. The van der Waals surface area contributed by atoms with Crippen LogP contribution < -0.4 is 5.32 Å². The molecule has 1 aromatic rings. The molecule has 1 unspecified atom stereocenters. The first-order valence-corrected chi connectivity index (χ1v) is 6.91. The Labute approximate surface area is 107 Å². The highest BCUT2D eigenvalue weighted by atomic mass is 16.2. The highest BCUT2D eigenvalue weighted by molar-refractivity contribution is 5.89. The van der Waals surface area contributed by atoms with E-state index >= 15 is 0 Å². The average Bonchev–Trinajstić information content (AvgIpc) is 3.11. The second-order valence-electron chi connectivity index (χ2n) is 5.36. The van der Waals surface area contributed by atoms with Crippen LogP contribution in [0, 0.1) is 5.92 Å². The predicted octanol–water partition coefficient (Wildman–Crippen LogP) is 2.60. The summed E-state index contributed by atoms with van der Waals surface area (Å²) in [5, 5.41) is 9.46. The second kappa shape index (κ2) is 5.00. The zero-order valence-electron chi connectivity index (χ0n) is 10.6. The lowest BCUT2D eigenvalue weighted by Gasteiger charge is -2.29. The van der Waals surface area contributed by atoms with Crippen LogP contribution in [0.25, 0.3) is 0 Å². The largest absolute Gasteiger partial charge is 0.322 e. The zero-order chi connectivity index (χ0) is 12.4. The molecule has 2 fully saturated rings. The van der Waals surface area contributed by atoms with Crippen molar-refractivity contribution in [2.75, 3.05) is 11.9 Å². The Balaban J connectivity index is 1.64. The van der Waals surface area contributed by atoms with Gasteiger partial charge in [-0.15, -0.1) is 0 Å². The van der Waals surface area contributed by atoms with Crippen molar-refractivity contribution in [2.45, 2.75) is 44.6 Å². The van der Waals surface area contributed by atoms with Crippen molar-refractivity contribution in [3.8, 4) is 0 Å². The Hall–Kier alpha value is -1.52. The van der Waals surface area contributed by atoms with Crippen molar-refractivity contribution in [1.82, 2.24) is 15.1 Å². The van der Waals surface area contributed by atoms with Gasteiger partial charge in [0.15, 0.2) is 0 Å². The zero-order valence-corrected chi connectivity index (χ0v) is 10.6. The molecular formula is C13H20N4O. The lowest BCUT2D eigenvalue weighted by Crippen LogP contribution is -2.41. The van der Waals surface area contributed by atoms with Gasteiger partial charge in [-0.05, 0) is 31.6 Å². The van der Waals surface area contributed by atoms with Crippen molar-refractivity contribution < 1.29 is 4.79 Å². The molecule has 3 rings (SSSR count). The second-order valence-corrected chi connectivity index (χ2v) is 5.36. The molecule has 1 saturated heterocycles. The molecule has 2 N–H and O–H groups in total. The van der Waals surface area contributed by atoms with Gasteiger partial charge in [0.05, 0.1) is 11.9 Å². The SMILES string of the molecule is O=C(Nc1cn[nH]c1)N1CCCC1C1CCCC1. The Morgan fingerprint density at radius 3 is 2.89 bits per heavy atom. The third-order valence-corrected chi connectivity index (χ3v) is 4.25. The number of anilines is 1. The van der Waals surface area contributed by atoms with Crippen molar-refractivity contribution in [1.29, 1.82) is 0 Å². The van der Waals surface area contributed by atoms with Gasteiger partial charge < -0.3 is 10.2 Å². The summed E-state index contributed by atoms with van der Waals surface area (Å²) in [6.07, 6.45) is 10.9. The first-order valence-electron chi connectivity index (χ1n) is 6.91. The fourth-order valence-electron chi connectivity index (χ4n) is 3.39. The van der Waals surface area contributed by atoms with Gasteiger partial charge in [0.25, 0.3) is 0 Å². The predicted molar refractivity (Wildman–Crippen MR) is 69.3 cm³/mol. The highest BCUT2D eigenvalue weighted by Crippen LogP contribution is 2.35. The van der Waals surface area contributed by atoms with Gasteiger partial charge in [-0.25, -0.2) is 4.79 Å². The number of aromatic nitrogens is 2. The molecule has 1 saturated carbocycles. The maximum Gasteiger partial charge on any atom is 0.322 e. The topological polar surface area (TPSA) is 61.0 Å². The number of carbonyl (C=O) groups is 1. The standard InChI is InChI=1S/C13H20N4O/c18-13(16-11-8-14-15-9-11)17-7-3-6-12(17)10-4-1-2-5-10/h8-10,12H,1-7H2,(H,14,15)(H,16,18). The van der Waals surface area contributed by atoms with Gasteiger partial charge in [0.2, 0.25) is 0 Å². The van der Waals surface area contributed by atoms with Crippen molar-refractivity contribution in [3.63, 3.8) is 0 Å². The molecule has 1 aliphatic carbocycles. The summed E-state index contributed by atoms with van der Waals surface area (Å²) in [5.41, 5.74) is 0.747. The van der Waals surface area contributed by atoms with Crippen LogP contribution in [0.4, 0.5) is 10.5 Å². The van der Waals surface area contributed by atoms with Crippen LogP contribution in [0.3, 0.4) is 0 Å². The molecule has 98 valence electrons. The summed E-state index contributed by atoms with van der Waals surface area (Å²) in [7, 11) is 0. The minimum atomic E-state index is 0.0331. The number of hydrogen-bond donors (Lipinski definition) is 2. The lowest BCUT2D eigenvalue weighted by molar-refractivity contribution is 0.185. The van der Waals surface area contributed by atoms with E-state index in [1.807, 2.05) is 4.90 Å². The van der Waals surface area contributed by atoms with Crippen molar-refractivity contribution in [2.24, 2.45) is 5.92 Å². The van der Waals surface area contributed by atoms with Gasteiger partial charge in [-0.3, -0.25) is 5.10 Å². The Morgan fingerprint density at radius 2 is 2.17 bits per heavy atom. The van der Waals surface area contributed by atoms with Gasteiger partial charge in [-0.2, -0.15) is 5.10 Å². The molecule has 0 bridgehead atoms. The van der Waals surface area contributed by atoms with E-state index in [0.717, 1.165) is 24.6 Å². The van der Waals surface area contributed by atoms with Crippen molar-refractivity contribution in [3.05, 3.63) is 12.4 Å². The van der Waals surface area contributed by atoms with Crippen LogP contribution in [0.1, 0.15) is 38.5 Å². The molecule has 0 aromatic carbocycles. The minimum Gasteiger partial charge on any atom is -0.321 e. The first-order chi connectivity index (χ1) is 8.84. The highest BCUT2D eigenvalue weighted by Gasteiger charge is 2.35. The van der Waals surface area contributed by atoms with Crippen molar-refractivity contribution >= 4 is 11.7 Å². The molecule has 2 heterocycles. The molecule has 5 nitrogen and oxygen atoms in total. The summed E-state index contributed by atoms with van der Waals surface area (Å²) in [5.74, 6) is 0.725. The summed E-state index contributed by atoms with van der Waals surface area (Å²) in [6, 6.07) is 0.491. The van der Waals surface area contributed by atoms with E-state index in [0.29, 0.717) is 6.04 Å². The molecular weight excluding hydrogens is 228 g/mol. The lowest BCUT2D eigenvalue weighted by atomic mass is 9.96. The van der Waals surface area contributed by atoms with E-state index in [1.54, 1.807) is 12.4 Å². The van der Waals surface area contributed by atoms with E-state index in [-0.39, 0.29) is 6.03 Å². The molecule has 18 heavy (non-hydrogen) atoms. The average molecular weight is 248 g/mol. The molecule has 0 radical (unpaired) electrons.